The Balaban J connectivity index is 1.69. The maximum absolute atomic E-state index is 12.8. The average molecular weight is 369 g/mol. The van der Waals surface area contributed by atoms with Crippen molar-refractivity contribution in [1.29, 1.82) is 0 Å². The number of hydrogen-bond acceptors (Lipinski definition) is 3. The molecule has 1 aromatic carbocycles. The molecule has 0 atom stereocenters. The first kappa shape index (κ1) is 16.6. The predicted octanol–water partition coefficient (Wildman–Crippen LogP) is 3.48. The molecule has 0 aliphatic carbocycles. The Labute approximate surface area is 155 Å². The molecule has 3 heterocycles. The Kier molecular flexibility index (Phi) is 4.34. The number of likely N-dealkylation sites (tertiary alicyclic amines) is 1. The molecule has 0 spiro atoms. The first-order valence-electron chi connectivity index (χ1n) is 8.47. The van der Waals surface area contributed by atoms with Gasteiger partial charge in [0.15, 0.2) is 5.69 Å². The number of anilines is 1. The van der Waals surface area contributed by atoms with Crippen LogP contribution in [-0.2, 0) is 0 Å². The SMILES string of the molecule is O=C(Nc1ccc(Cl)cc1)c1nc(C(=O)N2CCCC2)c2ccccn12. The molecule has 7 heteroatoms. The van der Waals surface area contributed by atoms with Crippen LogP contribution in [0.4, 0.5) is 5.69 Å². The minimum absolute atomic E-state index is 0.128. The molecule has 6 nitrogen and oxygen atoms in total. The van der Waals surface area contributed by atoms with E-state index in [2.05, 4.69) is 10.3 Å². The highest BCUT2D eigenvalue weighted by Crippen LogP contribution is 2.20. The Bertz CT molecular complexity index is 975. The van der Waals surface area contributed by atoms with Crippen molar-refractivity contribution in [3.05, 3.63) is 65.2 Å². The summed E-state index contributed by atoms with van der Waals surface area (Å²) in [6.45, 7) is 1.47. The number of nitrogens with one attached hydrogen (secondary N) is 1. The van der Waals surface area contributed by atoms with Crippen molar-refractivity contribution >= 4 is 34.6 Å². The van der Waals surface area contributed by atoms with Crippen LogP contribution in [0.25, 0.3) is 5.52 Å². The summed E-state index contributed by atoms with van der Waals surface area (Å²) in [5.74, 6) is -0.330. The molecule has 2 amide bonds. The Morgan fingerprint density at radius 3 is 2.50 bits per heavy atom. The fraction of sp³-hybridized carbons (Fsp3) is 0.211. The summed E-state index contributed by atoms with van der Waals surface area (Å²) in [5.41, 5.74) is 1.55. The first-order valence-corrected chi connectivity index (χ1v) is 8.84. The lowest BCUT2D eigenvalue weighted by atomic mass is 10.3. The van der Waals surface area contributed by atoms with Crippen molar-refractivity contribution in [2.24, 2.45) is 0 Å². The standard InChI is InChI=1S/C19H17ClN4O2/c20-13-6-8-14(9-7-13)21-18(25)17-22-16(15-5-1-2-12-24(15)17)19(26)23-10-3-4-11-23/h1-2,5-9,12H,3-4,10-11H2,(H,21,25). The number of halogens is 1. The third-order valence-corrected chi connectivity index (χ3v) is 4.70. The minimum Gasteiger partial charge on any atom is -0.337 e. The van der Waals surface area contributed by atoms with Crippen LogP contribution in [-0.4, -0.2) is 39.2 Å². The summed E-state index contributed by atoms with van der Waals surface area (Å²) >= 11 is 5.87. The quantitative estimate of drug-likeness (QED) is 0.769. The first-order chi connectivity index (χ1) is 12.6. The molecular weight excluding hydrogens is 352 g/mol. The summed E-state index contributed by atoms with van der Waals surface area (Å²) in [5, 5.41) is 3.38. The fourth-order valence-corrected chi connectivity index (χ4v) is 3.27. The lowest BCUT2D eigenvalue weighted by Crippen LogP contribution is -2.28. The van der Waals surface area contributed by atoms with E-state index in [-0.39, 0.29) is 17.6 Å². The number of benzene rings is 1. The number of aromatic nitrogens is 2. The van der Waals surface area contributed by atoms with Gasteiger partial charge in [-0.3, -0.25) is 14.0 Å². The van der Waals surface area contributed by atoms with Crippen molar-refractivity contribution in [1.82, 2.24) is 14.3 Å². The van der Waals surface area contributed by atoms with Crippen LogP contribution >= 0.6 is 11.6 Å². The minimum atomic E-state index is -0.381. The van der Waals surface area contributed by atoms with Crippen molar-refractivity contribution in [3.63, 3.8) is 0 Å². The second kappa shape index (κ2) is 6.80. The number of hydrogen-bond donors (Lipinski definition) is 1. The monoisotopic (exact) mass is 368 g/mol. The molecule has 26 heavy (non-hydrogen) atoms. The van der Waals surface area contributed by atoms with E-state index in [4.69, 9.17) is 11.6 Å². The number of imidazole rings is 1. The van der Waals surface area contributed by atoms with Crippen LogP contribution in [0.1, 0.15) is 33.9 Å². The van der Waals surface area contributed by atoms with Gasteiger partial charge in [-0.25, -0.2) is 4.98 Å². The largest absolute Gasteiger partial charge is 0.337 e. The Morgan fingerprint density at radius 1 is 1.04 bits per heavy atom. The number of amides is 2. The fourth-order valence-electron chi connectivity index (χ4n) is 3.15. The predicted molar refractivity (Wildman–Crippen MR) is 99.7 cm³/mol. The topological polar surface area (TPSA) is 66.7 Å². The lowest BCUT2D eigenvalue weighted by molar-refractivity contribution is 0.0789. The highest BCUT2D eigenvalue weighted by Gasteiger charge is 2.26. The van der Waals surface area contributed by atoms with E-state index >= 15 is 0 Å². The van der Waals surface area contributed by atoms with Crippen LogP contribution in [0, 0.1) is 0 Å². The number of carbonyl (C=O) groups is 2. The number of carbonyl (C=O) groups excluding carboxylic acids is 2. The van der Waals surface area contributed by atoms with Gasteiger partial charge in [0.05, 0.1) is 5.52 Å². The molecule has 4 rings (SSSR count). The van der Waals surface area contributed by atoms with E-state index in [1.165, 1.54) is 0 Å². The number of rotatable bonds is 3. The van der Waals surface area contributed by atoms with Crippen LogP contribution < -0.4 is 5.32 Å². The summed E-state index contributed by atoms with van der Waals surface area (Å²) < 4.78 is 1.65. The Hall–Kier alpha value is -2.86. The molecule has 0 saturated carbocycles. The van der Waals surface area contributed by atoms with Crippen molar-refractivity contribution in [2.45, 2.75) is 12.8 Å². The van der Waals surface area contributed by atoms with Crippen molar-refractivity contribution < 1.29 is 9.59 Å². The second-order valence-corrected chi connectivity index (χ2v) is 6.64. The van der Waals surface area contributed by atoms with E-state index in [1.54, 1.807) is 51.9 Å². The van der Waals surface area contributed by atoms with E-state index in [9.17, 15) is 9.59 Å². The van der Waals surface area contributed by atoms with Crippen LogP contribution in [0.5, 0.6) is 0 Å². The lowest BCUT2D eigenvalue weighted by Gasteiger charge is -2.13. The van der Waals surface area contributed by atoms with Crippen molar-refractivity contribution in [2.75, 3.05) is 18.4 Å². The average Bonchev–Trinajstić information content (AvgIpc) is 3.31. The van der Waals surface area contributed by atoms with E-state index in [1.807, 2.05) is 6.07 Å². The molecule has 1 N–H and O–H groups in total. The number of nitrogens with zero attached hydrogens (tertiary/aromatic N) is 3. The second-order valence-electron chi connectivity index (χ2n) is 6.20. The van der Waals surface area contributed by atoms with Gasteiger partial charge in [0, 0.05) is 30.0 Å². The zero-order valence-corrected chi connectivity index (χ0v) is 14.7. The number of pyridine rings is 1. The van der Waals surface area contributed by atoms with Gasteiger partial charge in [-0.2, -0.15) is 0 Å². The molecule has 0 bridgehead atoms. The van der Waals surface area contributed by atoms with Gasteiger partial charge in [-0.15, -0.1) is 0 Å². The van der Waals surface area contributed by atoms with Gasteiger partial charge in [-0.05, 0) is 49.2 Å². The summed E-state index contributed by atoms with van der Waals surface area (Å²) in [7, 11) is 0. The third kappa shape index (κ3) is 3.04. The third-order valence-electron chi connectivity index (χ3n) is 4.45. The zero-order chi connectivity index (χ0) is 18.1. The highest BCUT2D eigenvalue weighted by atomic mass is 35.5. The van der Waals surface area contributed by atoms with Gasteiger partial charge < -0.3 is 10.2 Å². The highest BCUT2D eigenvalue weighted by molar-refractivity contribution is 6.30. The molecule has 0 unspecified atom stereocenters. The molecular formula is C19H17ClN4O2. The van der Waals surface area contributed by atoms with Gasteiger partial charge in [-0.1, -0.05) is 17.7 Å². The van der Waals surface area contributed by atoms with E-state index < -0.39 is 0 Å². The summed E-state index contributed by atoms with van der Waals surface area (Å²) in [4.78, 5) is 31.7. The Morgan fingerprint density at radius 2 is 1.77 bits per heavy atom. The van der Waals surface area contributed by atoms with Crippen LogP contribution in [0.3, 0.4) is 0 Å². The maximum Gasteiger partial charge on any atom is 0.292 e. The van der Waals surface area contributed by atoms with Crippen molar-refractivity contribution in [3.8, 4) is 0 Å². The summed E-state index contributed by atoms with van der Waals surface area (Å²) in [6, 6.07) is 12.3. The number of fused-ring (bicyclic) bond motifs is 1. The van der Waals surface area contributed by atoms with E-state index in [0.29, 0.717) is 21.9 Å². The molecule has 1 fully saturated rings. The molecule has 1 aliphatic rings. The van der Waals surface area contributed by atoms with Crippen LogP contribution in [0.15, 0.2) is 48.7 Å². The summed E-state index contributed by atoms with van der Waals surface area (Å²) in [6.07, 6.45) is 3.74. The van der Waals surface area contributed by atoms with Crippen LogP contribution in [0.2, 0.25) is 5.02 Å². The molecule has 1 saturated heterocycles. The van der Waals surface area contributed by atoms with Gasteiger partial charge >= 0.3 is 0 Å². The van der Waals surface area contributed by atoms with Gasteiger partial charge in [0.1, 0.15) is 0 Å². The molecule has 2 aromatic heterocycles. The smallest absolute Gasteiger partial charge is 0.292 e. The molecule has 1 aliphatic heterocycles. The normalized spacial score (nSPS) is 14.0. The van der Waals surface area contributed by atoms with Gasteiger partial charge in [0.2, 0.25) is 5.82 Å². The van der Waals surface area contributed by atoms with E-state index in [0.717, 1.165) is 25.9 Å². The zero-order valence-electron chi connectivity index (χ0n) is 14.0. The molecule has 0 radical (unpaired) electrons. The maximum atomic E-state index is 12.8. The molecule has 3 aromatic rings. The van der Waals surface area contributed by atoms with Gasteiger partial charge in [0.25, 0.3) is 11.8 Å². The molecule has 132 valence electrons.